The lowest BCUT2D eigenvalue weighted by Gasteiger charge is -2.16. The van der Waals surface area contributed by atoms with E-state index in [9.17, 15) is 14.4 Å². The van der Waals surface area contributed by atoms with E-state index in [-0.39, 0.29) is 35.4 Å². The minimum atomic E-state index is -0.411. The van der Waals surface area contributed by atoms with Crippen molar-refractivity contribution < 1.29 is 14.4 Å². The molecule has 3 amide bonds. The number of para-hydroxylation sites is 1. The van der Waals surface area contributed by atoms with Crippen LogP contribution in [0.15, 0.2) is 66.1 Å². The zero-order chi connectivity index (χ0) is 22.1. The molecule has 4 rings (SSSR count). The first kappa shape index (κ1) is 21.3. The summed E-state index contributed by atoms with van der Waals surface area (Å²) in [4.78, 5) is 41.9. The molecule has 0 saturated carbocycles. The van der Waals surface area contributed by atoms with Gasteiger partial charge in [-0.2, -0.15) is 0 Å². The van der Waals surface area contributed by atoms with E-state index in [4.69, 9.17) is 23.8 Å². The highest BCUT2D eigenvalue weighted by Crippen LogP contribution is 2.44. The second-order valence-corrected chi connectivity index (χ2v) is 8.82. The maximum atomic E-state index is 13.3. The average Bonchev–Trinajstić information content (AvgIpc) is 3.18. The van der Waals surface area contributed by atoms with Crippen molar-refractivity contribution in [1.82, 2.24) is 4.90 Å². The number of benzene rings is 2. The zero-order valence-electron chi connectivity index (χ0n) is 16.1. The largest absolute Gasteiger partial charge is 0.325 e. The van der Waals surface area contributed by atoms with Gasteiger partial charge < -0.3 is 5.32 Å². The fourth-order valence-electron chi connectivity index (χ4n) is 3.37. The zero-order valence-corrected chi connectivity index (χ0v) is 18.5. The molecule has 1 fully saturated rings. The monoisotopic (exact) mass is 469 g/mol. The molecule has 2 aromatic carbocycles. The van der Waals surface area contributed by atoms with Gasteiger partial charge in [-0.05, 0) is 30.3 Å². The van der Waals surface area contributed by atoms with E-state index in [0.29, 0.717) is 26.3 Å². The summed E-state index contributed by atoms with van der Waals surface area (Å²) in [5.41, 5.74) is 2.01. The van der Waals surface area contributed by atoms with Gasteiger partial charge in [0.05, 0.1) is 16.2 Å². The summed E-state index contributed by atoms with van der Waals surface area (Å²) in [5.74, 6) is -1.11. The van der Waals surface area contributed by atoms with Crippen molar-refractivity contribution >= 4 is 74.6 Å². The number of thiocarbonyl (C=S) groups is 1. The van der Waals surface area contributed by atoms with Crippen molar-refractivity contribution in [3.05, 3.63) is 76.7 Å². The third-order valence-electron chi connectivity index (χ3n) is 4.74. The minimum absolute atomic E-state index is 0.199. The number of amides is 3. The van der Waals surface area contributed by atoms with E-state index >= 15 is 0 Å². The lowest BCUT2D eigenvalue weighted by atomic mass is 10.1. The molecule has 0 atom stereocenters. The maximum absolute atomic E-state index is 13.3. The highest BCUT2D eigenvalue weighted by Gasteiger charge is 2.42. The van der Waals surface area contributed by atoms with Gasteiger partial charge in [0.1, 0.15) is 10.9 Å². The number of rotatable bonds is 5. The number of thioether (sulfide) groups is 1. The molecule has 1 saturated heterocycles. The highest BCUT2D eigenvalue weighted by molar-refractivity contribution is 8.26. The van der Waals surface area contributed by atoms with Crippen LogP contribution in [0, 0.1) is 0 Å². The van der Waals surface area contributed by atoms with Gasteiger partial charge in [-0.15, -0.1) is 6.58 Å². The molecule has 0 unspecified atom stereocenters. The van der Waals surface area contributed by atoms with Crippen LogP contribution in [0.3, 0.4) is 0 Å². The number of hydrogen-bond donors (Lipinski definition) is 1. The summed E-state index contributed by atoms with van der Waals surface area (Å²) < 4.78 is 0.372. The molecule has 156 valence electrons. The minimum Gasteiger partial charge on any atom is -0.325 e. The number of carbonyl (C=O) groups is 3. The molecule has 1 N–H and O–H groups in total. The highest BCUT2D eigenvalue weighted by atomic mass is 35.5. The van der Waals surface area contributed by atoms with Crippen LogP contribution in [-0.2, 0) is 14.4 Å². The predicted octanol–water partition coefficient (Wildman–Crippen LogP) is 4.08. The summed E-state index contributed by atoms with van der Waals surface area (Å²) in [5, 5.41) is 3.31. The van der Waals surface area contributed by atoms with Crippen molar-refractivity contribution in [3.63, 3.8) is 0 Å². The lowest BCUT2D eigenvalue weighted by molar-refractivity contribution is -0.122. The molecular formula is C22H16ClN3O3S2. The number of hydrogen-bond acceptors (Lipinski definition) is 5. The molecule has 2 aromatic rings. The van der Waals surface area contributed by atoms with E-state index in [1.807, 2.05) is 0 Å². The molecule has 9 heteroatoms. The molecule has 2 heterocycles. The first-order valence-electron chi connectivity index (χ1n) is 9.26. The van der Waals surface area contributed by atoms with E-state index in [0.717, 1.165) is 11.8 Å². The third kappa shape index (κ3) is 4.01. The van der Waals surface area contributed by atoms with E-state index in [2.05, 4.69) is 11.9 Å². The molecule has 0 radical (unpaired) electrons. The van der Waals surface area contributed by atoms with Gasteiger partial charge in [0.25, 0.3) is 11.8 Å². The molecule has 2 aliphatic rings. The number of anilines is 2. The van der Waals surface area contributed by atoms with Crippen molar-refractivity contribution in [2.75, 3.05) is 23.3 Å². The van der Waals surface area contributed by atoms with Gasteiger partial charge >= 0.3 is 0 Å². The average molecular weight is 470 g/mol. The predicted molar refractivity (Wildman–Crippen MR) is 128 cm³/mol. The fraction of sp³-hybridized carbons (Fsp3) is 0.0909. The van der Waals surface area contributed by atoms with Crippen LogP contribution >= 0.6 is 35.6 Å². The molecule has 31 heavy (non-hydrogen) atoms. The quantitative estimate of drug-likeness (QED) is 0.406. The fourth-order valence-corrected chi connectivity index (χ4v) is 4.84. The topological polar surface area (TPSA) is 69.7 Å². The van der Waals surface area contributed by atoms with Crippen LogP contribution in [0.5, 0.6) is 0 Å². The van der Waals surface area contributed by atoms with Crippen LogP contribution in [0.4, 0.5) is 11.4 Å². The van der Waals surface area contributed by atoms with Crippen LogP contribution in [-0.4, -0.2) is 40.0 Å². The molecule has 2 aliphatic heterocycles. The van der Waals surface area contributed by atoms with E-state index in [1.165, 1.54) is 9.80 Å². The molecule has 0 aromatic heterocycles. The van der Waals surface area contributed by atoms with Crippen molar-refractivity contribution in [1.29, 1.82) is 0 Å². The van der Waals surface area contributed by atoms with Gasteiger partial charge in [-0.1, -0.05) is 59.9 Å². The maximum Gasteiger partial charge on any atom is 0.267 e. The Bertz CT molecular complexity index is 1160. The van der Waals surface area contributed by atoms with E-state index in [1.54, 1.807) is 54.6 Å². The normalized spacial score (nSPS) is 17.9. The molecular weight excluding hydrogens is 454 g/mol. The first-order chi connectivity index (χ1) is 14.9. The Morgan fingerprint density at radius 3 is 2.52 bits per heavy atom. The Hall–Kier alpha value is -2.94. The Balaban J connectivity index is 1.64. The lowest BCUT2D eigenvalue weighted by Crippen LogP contribution is -2.35. The molecule has 6 nitrogen and oxygen atoms in total. The van der Waals surface area contributed by atoms with Gasteiger partial charge in [0.2, 0.25) is 5.91 Å². The second kappa shape index (κ2) is 8.66. The number of nitrogens with one attached hydrogen (secondary N) is 1. The summed E-state index contributed by atoms with van der Waals surface area (Å²) >= 11 is 12.3. The Labute approximate surface area is 193 Å². The summed E-state index contributed by atoms with van der Waals surface area (Å²) in [6.45, 7) is 3.71. The van der Waals surface area contributed by atoms with Crippen molar-refractivity contribution in [3.8, 4) is 0 Å². The third-order valence-corrected chi connectivity index (χ3v) is 6.44. The summed E-state index contributed by atoms with van der Waals surface area (Å²) in [6, 6.07) is 13.8. The first-order valence-corrected chi connectivity index (χ1v) is 10.9. The SMILES string of the molecule is C=CCN1C(=O)C(=C2C(=O)N(CC(=O)Nc3ccc(Cl)cc3)c3ccccc32)SC1=S. The Kier molecular flexibility index (Phi) is 5.95. The standard InChI is InChI=1S/C22H16ClN3O3S2/c1-2-11-25-21(29)19(31-22(25)30)18-15-5-3-4-6-16(15)26(20(18)28)12-17(27)24-14-9-7-13(23)8-10-14/h2-10H,1,11-12H2,(H,24,27). The Morgan fingerprint density at radius 2 is 1.81 bits per heavy atom. The Morgan fingerprint density at radius 1 is 1.10 bits per heavy atom. The van der Waals surface area contributed by atoms with Gasteiger partial charge in [0, 0.05) is 22.8 Å². The number of carbonyl (C=O) groups excluding carboxylic acids is 3. The molecule has 0 aliphatic carbocycles. The van der Waals surface area contributed by atoms with Crippen molar-refractivity contribution in [2.24, 2.45) is 0 Å². The van der Waals surface area contributed by atoms with Gasteiger partial charge in [-0.3, -0.25) is 24.2 Å². The molecule has 0 bridgehead atoms. The summed E-state index contributed by atoms with van der Waals surface area (Å²) in [6.07, 6.45) is 1.58. The van der Waals surface area contributed by atoms with Gasteiger partial charge in [0.15, 0.2) is 0 Å². The number of nitrogens with zero attached hydrogens (tertiary/aromatic N) is 2. The van der Waals surface area contributed by atoms with Crippen LogP contribution in [0.1, 0.15) is 5.56 Å². The second-order valence-electron chi connectivity index (χ2n) is 6.74. The van der Waals surface area contributed by atoms with Crippen LogP contribution in [0.25, 0.3) is 5.57 Å². The van der Waals surface area contributed by atoms with Crippen LogP contribution < -0.4 is 10.2 Å². The summed E-state index contributed by atoms with van der Waals surface area (Å²) in [7, 11) is 0. The van der Waals surface area contributed by atoms with E-state index < -0.39 is 5.91 Å². The smallest absolute Gasteiger partial charge is 0.267 e. The van der Waals surface area contributed by atoms with Crippen LogP contribution in [0.2, 0.25) is 5.02 Å². The number of fused-ring (bicyclic) bond motifs is 1. The van der Waals surface area contributed by atoms with Gasteiger partial charge in [-0.25, -0.2) is 0 Å². The molecule has 0 spiro atoms. The van der Waals surface area contributed by atoms with Crippen molar-refractivity contribution in [2.45, 2.75) is 0 Å². The number of halogens is 1.